The van der Waals surface area contributed by atoms with Gasteiger partial charge in [-0.25, -0.2) is 0 Å². The van der Waals surface area contributed by atoms with Crippen LogP contribution in [0.5, 0.6) is 5.75 Å². The fourth-order valence-electron chi connectivity index (χ4n) is 2.69. The largest absolute Gasteiger partial charge is 0.480 e. The van der Waals surface area contributed by atoms with E-state index in [0.717, 1.165) is 11.3 Å². The van der Waals surface area contributed by atoms with Crippen LogP contribution in [0.1, 0.15) is 52.2 Å². The van der Waals surface area contributed by atoms with Gasteiger partial charge in [0.1, 0.15) is 5.75 Å². The molecule has 1 N–H and O–H groups in total. The summed E-state index contributed by atoms with van der Waals surface area (Å²) in [5, 5.41) is 3.16. The van der Waals surface area contributed by atoms with Crippen LogP contribution < -0.4 is 10.1 Å². The maximum absolute atomic E-state index is 12.6. The Bertz CT molecular complexity index is 486. The molecule has 1 aromatic rings. The Hall–Kier alpha value is -1.51. The van der Waals surface area contributed by atoms with E-state index >= 15 is 0 Å². The average Bonchev–Trinajstić information content (AvgIpc) is 2.45. The third-order valence-corrected chi connectivity index (χ3v) is 4.23. The lowest BCUT2D eigenvalue weighted by Crippen LogP contribution is -2.48. The summed E-state index contributed by atoms with van der Waals surface area (Å²) < 4.78 is 5.99. The van der Waals surface area contributed by atoms with E-state index < -0.39 is 6.10 Å². The molecule has 0 aliphatic carbocycles. The van der Waals surface area contributed by atoms with Crippen LogP contribution in [0.25, 0.3) is 0 Å². The number of rotatable bonds is 7. The van der Waals surface area contributed by atoms with Gasteiger partial charge in [-0.3, -0.25) is 4.79 Å². The summed E-state index contributed by atoms with van der Waals surface area (Å²) in [4.78, 5) is 12.6. The zero-order valence-electron chi connectivity index (χ0n) is 15.1. The van der Waals surface area contributed by atoms with Crippen molar-refractivity contribution in [3.05, 3.63) is 29.3 Å². The maximum atomic E-state index is 12.6. The van der Waals surface area contributed by atoms with E-state index in [9.17, 15) is 4.79 Å². The van der Waals surface area contributed by atoms with Crippen LogP contribution in [0.4, 0.5) is 0 Å². The normalized spacial score (nSPS) is 12.8. The number of ether oxygens (including phenoxy) is 1. The van der Waals surface area contributed by atoms with Crippen molar-refractivity contribution in [2.75, 3.05) is 0 Å². The number of hydrogen-bond donors (Lipinski definition) is 1. The second-order valence-corrected chi connectivity index (χ2v) is 6.74. The first-order valence-electron chi connectivity index (χ1n) is 8.31. The van der Waals surface area contributed by atoms with Crippen LogP contribution in [0.3, 0.4) is 0 Å². The molecule has 0 heterocycles. The van der Waals surface area contributed by atoms with Gasteiger partial charge in [0.05, 0.1) is 0 Å². The van der Waals surface area contributed by atoms with Crippen molar-refractivity contribution in [2.24, 2.45) is 11.8 Å². The molecule has 1 amide bonds. The van der Waals surface area contributed by atoms with Gasteiger partial charge in [-0.15, -0.1) is 0 Å². The topological polar surface area (TPSA) is 38.3 Å². The number of benzene rings is 1. The number of nitrogens with one attached hydrogen (secondary N) is 1. The van der Waals surface area contributed by atoms with Gasteiger partial charge in [-0.2, -0.15) is 0 Å². The monoisotopic (exact) mass is 305 g/mol. The molecular weight excluding hydrogens is 274 g/mol. The van der Waals surface area contributed by atoms with Crippen molar-refractivity contribution >= 4 is 5.91 Å². The van der Waals surface area contributed by atoms with Gasteiger partial charge >= 0.3 is 0 Å². The summed E-state index contributed by atoms with van der Waals surface area (Å²) in [6, 6.07) is 6.12. The van der Waals surface area contributed by atoms with E-state index in [1.807, 2.05) is 26.0 Å². The minimum Gasteiger partial charge on any atom is -0.480 e. The van der Waals surface area contributed by atoms with Crippen LogP contribution in [-0.2, 0) is 4.79 Å². The predicted octanol–water partition coefficient (Wildman–Crippen LogP) is 4.26. The van der Waals surface area contributed by atoms with E-state index in [0.29, 0.717) is 18.3 Å². The van der Waals surface area contributed by atoms with E-state index in [1.54, 1.807) is 0 Å². The van der Waals surface area contributed by atoms with Gasteiger partial charge in [-0.1, -0.05) is 46.8 Å². The molecule has 22 heavy (non-hydrogen) atoms. The standard InChI is InChI=1S/C19H31NO2/c1-8-16(19(21)20-18(12(2)3)13(4)5)22-17-11-9-10-14(6)15(17)7/h9-13,16,18H,8H2,1-7H3,(H,20,21). The highest BCUT2D eigenvalue weighted by Gasteiger charge is 2.25. The summed E-state index contributed by atoms with van der Waals surface area (Å²) in [5.74, 6) is 1.59. The van der Waals surface area contributed by atoms with Crippen LogP contribution in [-0.4, -0.2) is 18.1 Å². The smallest absolute Gasteiger partial charge is 0.261 e. The second kappa shape index (κ2) is 8.21. The highest BCUT2D eigenvalue weighted by atomic mass is 16.5. The number of hydrogen-bond acceptors (Lipinski definition) is 2. The van der Waals surface area contributed by atoms with Crippen molar-refractivity contribution in [1.82, 2.24) is 5.32 Å². The van der Waals surface area contributed by atoms with Gasteiger partial charge in [0, 0.05) is 6.04 Å². The lowest BCUT2D eigenvalue weighted by atomic mass is 9.93. The quantitative estimate of drug-likeness (QED) is 0.817. The third kappa shape index (κ3) is 4.75. The summed E-state index contributed by atoms with van der Waals surface area (Å²) in [6.07, 6.45) is 0.211. The SMILES string of the molecule is CCC(Oc1cccc(C)c1C)C(=O)NC(C(C)C)C(C)C. The Balaban J connectivity index is 2.83. The Labute approximate surface area is 135 Å². The molecule has 1 atom stereocenters. The van der Waals surface area contributed by atoms with Crippen LogP contribution in [0.15, 0.2) is 18.2 Å². The number of amides is 1. The number of carbonyl (C=O) groups excluding carboxylic acids is 1. The summed E-state index contributed by atoms with van der Waals surface area (Å²) >= 11 is 0. The van der Waals surface area contributed by atoms with Gasteiger partial charge in [0.25, 0.3) is 5.91 Å². The molecular formula is C19H31NO2. The van der Waals surface area contributed by atoms with Crippen LogP contribution in [0.2, 0.25) is 0 Å². The molecule has 0 spiro atoms. The first-order chi connectivity index (χ1) is 10.3. The molecule has 0 saturated carbocycles. The van der Waals surface area contributed by atoms with Gasteiger partial charge < -0.3 is 10.1 Å². The van der Waals surface area contributed by atoms with E-state index in [1.165, 1.54) is 5.56 Å². The molecule has 3 heteroatoms. The van der Waals surface area contributed by atoms with Gasteiger partial charge in [0.2, 0.25) is 0 Å². The van der Waals surface area contributed by atoms with Crippen molar-refractivity contribution in [3.8, 4) is 5.75 Å². The molecule has 0 radical (unpaired) electrons. The van der Waals surface area contributed by atoms with E-state index in [2.05, 4.69) is 46.0 Å². The fraction of sp³-hybridized carbons (Fsp3) is 0.632. The Morgan fingerprint density at radius 1 is 1.14 bits per heavy atom. The first kappa shape index (κ1) is 18.5. The molecule has 1 unspecified atom stereocenters. The van der Waals surface area contributed by atoms with E-state index in [4.69, 9.17) is 4.74 Å². The fourth-order valence-corrected chi connectivity index (χ4v) is 2.69. The van der Waals surface area contributed by atoms with Gasteiger partial charge in [0.15, 0.2) is 6.10 Å². The summed E-state index contributed by atoms with van der Waals surface area (Å²) in [7, 11) is 0. The van der Waals surface area contributed by atoms with Crippen molar-refractivity contribution in [2.45, 2.75) is 67.0 Å². The highest BCUT2D eigenvalue weighted by molar-refractivity contribution is 5.81. The van der Waals surface area contributed by atoms with E-state index in [-0.39, 0.29) is 11.9 Å². The number of carbonyl (C=O) groups is 1. The van der Waals surface area contributed by atoms with Crippen molar-refractivity contribution in [3.63, 3.8) is 0 Å². The molecule has 0 aliphatic rings. The molecule has 0 aromatic heterocycles. The Morgan fingerprint density at radius 3 is 2.23 bits per heavy atom. The Morgan fingerprint density at radius 2 is 1.73 bits per heavy atom. The Kier molecular flexibility index (Phi) is 6.92. The molecule has 1 rings (SSSR count). The minimum atomic E-state index is -0.444. The van der Waals surface area contributed by atoms with Crippen LogP contribution in [0, 0.1) is 25.7 Å². The molecule has 1 aromatic carbocycles. The summed E-state index contributed by atoms with van der Waals surface area (Å²) in [6.45, 7) is 14.6. The number of aryl methyl sites for hydroxylation is 1. The predicted molar refractivity (Wildman–Crippen MR) is 92.2 cm³/mol. The van der Waals surface area contributed by atoms with Crippen molar-refractivity contribution in [1.29, 1.82) is 0 Å². The average molecular weight is 305 g/mol. The molecule has 0 saturated heterocycles. The van der Waals surface area contributed by atoms with Crippen molar-refractivity contribution < 1.29 is 9.53 Å². The summed E-state index contributed by atoms with van der Waals surface area (Å²) in [5.41, 5.74) is 2.27. The highest BCUT2D eigenvalue weighted by Crippen LogP contribution is 2.23. The second-order valence-electron chi connectivity index (χ2n) is 6.74. The van der Waals surface area contributed by atoms with Crippen LogP contribution >= 0.6 is 0 Å². The molecule has 0 fully saturated rings. The molecule has 3 nitrogen and oxygen atoms in total. The molecule has 124 valence electrons. The zero-order valence-corrected chi connectivity index (χ0v) is 15.1. The third-order valence-electron chi connectivity index (χ3n) is 4.23. The lowest BCUT2D eigenvalue weighted by molar-refractivity contribution is -0.129. The van der Waals surface area contributed by atoms with Gasteiger partial charge in [-0.05, 0) is 49.3 Å². The maximum Gasteiger partial charge on any atom is 0.261 e. The zero-order chi connectivity index (χ0) is 16.9. The molecule has 0 bridgehead atoms. The molecule has 0 aliphatic heterocycles. The minimum absolute atomic E-state index is 0.0178. The first-order valence-corrected chi connectivity index (χ1v) is 8.31. The lowest BCUT2D eigenvalue weighted by Gasteiger charge is -2.28.